The molecule has 0 bridgehead atoms. The standard InChI is InChI=1S/C17H16FNO4/c1-11(20)13-8-15(14(18)9-16(13)22-2)19-17(21)23-10-12-6-4-3-5-7-12/h3-9H,10H2,1-2H3,(H,19,21). The molecule has 0 saturated heterocycles. The highest BCUT2D eigenvalue weighted by atomic mass is 19.1. The maximum atomic E-state index is 13.9. The van der Waals surface area contributed by atoms with E-state index in [0.29, 0.717) is 0 Å². The van der Waals surface area contributed by atoms with Crippen molar-refractivity contribution in [3.63, 3.8) is 0 Å². The zero-order chi connectivity index (χ0) is 16.8. The van der Waals surface area contributed by atoms with Crippen LogP contribution in [0.1, 0.15) is 22.8 Å². The number of hydrogen-bond donors (Lipinski definition) is 1. The van der Waals surface area contributed by atoms with Gasteiger partial charge in [0.15, 0.2) is 11.6 Å². The van der Waals surface area contributed by atoms with Crippen molar-refractivity contribution < 1.29 is 23.5 Å². The van der Waals surface area contributed by atoms with Crippen molar-refractivity contribution in [2.45, 2.75) is 13.5 Å². The van der Waals surface area contributed by atoms with Gasteiger partial charge in [-0.15, -0.1) is 0 Å². The second kappa shape index (κ2) is 7.40. The molecule has 1 amide bonds. The molecule has 0 atom stereocenters. The average molecular weight is 317 g/mol. The lowest BCUT2D eigenvalue weighted by atomic mass is 10.1. The lowest BCUT2D eigenvalue weighted by Gasteiger charge is -2.11. The molecule has 0 aliphatic heterocycles. The number of anilines is 1. The van der Waals surface area contributed by atoms with Gasteiger partial charge in [0, 0.05) is 6.07 Å². The molecular formula is C17H16FNO4. The molecule has 0 heterocycles. The Labute approximate surface area is 133 Å². The van der Waals surface area contributed by atoms with E-state index in [2.05, 4.69) is 5.32 Å². The fourth-order valence-electron chi connectivity index (χ4n) is 1.96. The number of ketones is 1. The number of methoxy groups -OCH3 is 1. The highest BCUT2D eigenvalue weighted by molar-refractivity contribution is 5.98. The molecule has 2 aromatic carbocycles. The van der Waals surface area contributed by atoms with Crippen LogP contribution >= 0.6 is 0 Å². The third kappa shape index (κ3) is 4.29. The fraction of sp³-hybridized carbons (Fsp3) is 0.176. The average Bonchev–Trinajstić information content (AvgIpc) is 2.55. The zero-order valence-electron chi connectivity index (χ0n) is 12.8. The van der Waals surface area contributed by atoms with Crippen molar-refractivity contribution >= 4 is 17.6 Å². The lowest BCUT2D eigenvalue weighted by Crippen LogP contribution is -2.15. The maximum Gasteiger partial charge on any atom is 0.412 e. The lowest BCUT2D eigenvalue weighted by molar-refractivity contribution is 0.101. The third-order valence-electron chi connectivity index (χ3n) is 3.12. The number of amides is 1. The number of halogens is 1. The van der Waals surface area contributed by atoms with Gasteiger partial charge in [-0.2, -0.15) is 0 Å². The summed E-state index contributed by atoms with van der Waals surface area (Å²) >= 11 is 0. The SMILES string of the molecule is COc1cc(F)c(NC(=O)OCc2ccccc2)cc1C(C)=O. The monoisotopic (exact) mass is 317 g/mol. The first kappa shape index (κ1) is 16.5. The van der Waals surface area contributed by atoms with Crippen LogP contribution in [-0.4, -0.2) is 19.0 Å². The van der Waals surface area contributed by atoms with E-state index < -0.39 is 11.9 Å². The molecule has 2 rings (SSSR count). The first-order valence-electron chi connectivity index (χ1n) is 6.87. The molecule has 0 spiro atoms. The van der Waals surface area contributed by atoms with Gasteiger partial charge in [0.25, 0.3) is 0 Å². The highest BCUT2D eigenvalue weighted by Gasteiger charge is 2.16. The van der Waals surface area contributed by atoms with E-state index in [4.69, 9.17) is 9.47 Å². The summed E-state index contributed by atoms with van der Waals surface area (Å²) in [5.41, 5.74) is 0.837. The summed E-state index contributed by atoms with van der Waals surface area (Å²) in [5.74, 6) is -0.913. The molecule has 120 valence electrons. The Morgan fingerprint density at radius 3 is 2.48 bits per heavy atom. The number of ether oxygens (including phenoxy) is 2. The third-order valence-corrected chi connectivity index (χ3v) is 3.12. The van der Waals surface area contributed by atoms with Gasteiger partial charge in [0.1, 0.15) is 12.4 Å². The van der Waals surface area contributed by atoms with Gasteiger partial charge < -0.3 is 9.47 Å². The molecule has 2 aromatic rings. The van der Waals surface area contributed by atoms with Gasteiger partial charge in [0.05, 0.1) is 18.4 Å². The zero-order valence-corrected chi connectivity index (χ0v) is 12.8. The van der Waals surface area contributed by atoms with E-state index in [-0.39, 0.29) is 29.4 Å². The number of hydrogen-bond acceptors (Lipinski definition) is 4. The van der Waals surface area contributed by atoms with Crippen molar-refractivity contribution in [2.24, 2.45) is 0 Å². The molecule has 0 radical (unpaired) electrons. The quantitative estimate of drug-likeness (QED) is 0.852. The van der Waals surface area contributed by atoms with Gasteiger partial charge in [-0.25, -0.2) is 9.18 Å². The minimum absolute atomic E-state index is 0.0595. The predicted octanol–water partition coefficient (Wildman–Crippen LogP) is 3.79. The molecular weight excluding hydrogens is 301 g/mol. The Kier molecular flexibility index (Phi) is 5.30. The molecule has 0 fully saturated rings. The van der Waals surface area contributed by atoms with Crippen LogP contribution in [0.15, 0.2) is 42.5 Å². The highest BCUT2D eigenvalue weighted by Crippen LogP contribution is 2.26. The molecule has 1 N–H and O–H groups in total. The summed E-state index contributed by atoms with van der Waals surface area (Å²) in [6.07, 6.45) is -0.813. The van der Waals surface area contributed by atoms with Gasteiger partial charge in [0.2, 0.25) is 0 Å². The number of benzene rings is 2. The van der Waals surface area contributed by atoms with E-state index in [1.165, 1.54) is 20.1 Å². The molecule has 0 aromatic heterocycles. The molecule has 23 heavy (non-hydrogen) atoms. The van der Waals surface area contributed by atoms with Crippen molar-refractivity contribution in [1.29, 1.82) is 0 Å². The topological polar surface area (TPSA) is 64.6 Å². The Morgan fingerprint density at radius 1 is 1.17 bits per heavy atom. The van der Waals surface area contributed by atoms with Crippen LogP contribution in [0.25, 0.3) is 0 Å². The molecule has 6 heteroatoms. The second-order valence-corrected chi connectivity index (χ2v) is 4.78. The van der Waals surface area contributed by atoms with Crippen LogP contribution < -0.4 is 10.1 Å². The van der Waals surface area contributed by atoms with Gasteiger partial charge in [-0.05, 0) is 18.6 Å². The Hall–Kier alpha value is -2.89. The predicted molar refractivity (Wildman–Crippen MR) is 83.2 cm³/mol. The molecule has 0 aliphatic rings. The largest absolute Gasteiger partial charge is 0.496 e. The summed E-state index contributed by atoms with van der Waals surface area (Å²) in [6.45, 7) is 1.39. The molecule has 0 unspecified atom stereocenters. The van der Waals surface area contributed by atoms with Crippen LogP contribution in [-0.2, 0) is 11.3 Å². The molecule has 0 aliphatic carbocycles. The van der Waals surface area contributed by atoms with E-state index in [0.717, 1.165) is 11.6 Å². The van der Waals surface area contributed by atoms with Crippen LogP contribution in [0.2, 0.25) is 0 Å². The summed E-state index contributed by atoms with van der Waals surface area (Å²) in [4.78, 5) is 23.3. The summed E-state index contributed by atoms with van der Waals surface area (Å²) in [6, 6.07) is 11.4. The summed E-state index contributed by atoms with van der Waals surface area (Å²) in [7, 11) is 1.34. The number of nitrogens with one attached hydrogen (secondary N) is 1. The van der Waals surface area contributed by atoms with Gasteiger partial charge in [-0.3, -0.25) is 10.1 Å². The van der Waals surface area contributed by atoms with Gasteiger partial charge in [-0.1, -0.05) is 30.3 Å². The van der Waals surface area contributed by atoms with E-state index >= 15 is 0 Å². The Balaban J connectivity index is 2.08. The molecule has 5 nitrogen and oxygen atoms in total. The summed E-state index contributed by atoms with van der Waals surface area (Å²) < 4.78 is 23.9. The van der Waals surface area contributed by atoms with Crippen LogP contribution in [0, 0.1) is 5.82 Å². The second-order valence-electron chi connectivity index (χ2n) is 4.78. The smallest absolute Gasteiger partial charge is 0.412 e. The van der Waals surface area contributed by atoms with Crippen molar-refractivity contribution in [1.82, 2.24) is 0 Å². The minimum atomic E-state index is -0.813. The van der Waals surface area contributed by atoms with E-state index in [1.807, 2.05) is 18.2 Å². The van der Waals surface area contributed by atoms with Crippen LogP contribution in [0.5, 0.6) is 5.75 Å². The van der Waals surface area contributed by atoms with E-state index in [1.54, 1.807) is 12.1 Å². The number of Topliss-reactive ketones (excluding diaryl/α,β-unsaturated/α-hetero) is 1. The fourth-order valence-corrected chi connectivity index (χ4v) is 1.96. The van der Waals surface area contributed by atoms with Crippen LogP contribution in [0.4, 0.5) is 14.9 Å². The van der Waals surface area contributed by atoms with Crippen molar-refractivity contribution in [3.8, 4) is 5.75 Å². The number of rotatable bonds is 5. The number of carbonyl (C=O) groups excluding carboxylic acids is 2. The summed E-state index contributed by atoms with van der Waals surface area (Å²) in [5, 5.41) is 2.28. The number of carbonyl (C=O) groups is 2. The molecule has 0 saturated carbocycles. The Bertz CT molecular complexity index is 716. The maximum absolute atomic E-state index is 13.9. The first-order valence-corrected chi connectivity index (χ1v) is 6.87. The van der Waals surface area contributed by atoms with Crippen LogP contribution in [0.3, 0.4) is 0 Å². The van der Waals surface area contributed by atoms with Crippen molar-refractivity contribution in [3.05, 3.63) is 59.4 Å². The normalized spacial score (nSPS) is 10.0. The van der Waals surface area contributed by atoms with E-state index in [9.17, 15) is 14.0 Å². The van der Waals surface area contributed by atoms with Gasteiger partial charge >= 0.3 is 6.09 Å². The Morgan fingerprint density at radius 2 is 1.87 bits per heavy atom. The first-order chi connectivity index (χ1) is 11.0. The van der Waals surface area contributed by atoms with Crippen molar-refractivity contribution in [2.75, 3.05) is 12.4 Å². The minimum Gasteiger partial charge on any atom is -0.496 e.